The van der Waals surface area contributed by atoms with E-state index in [1.54, 1.807) is 18.9 Å². The number of nitrogens with zero attached hydrogens (tertiary/aromatic N) is 2. The molecule has 1 aromatic heterocycles. The van der Waals surface area contributed by atoms with Crippen molar-refractivity contribution in [1.29, 1.82) is 0 Å². The summed E-state index contributed by atoms with van der Waals surface area (Å²) in [5.41, 5.74) is 1.79. The van der Waals surface area contributed by atoms with Crippen LogP contribution >= 0.6 is 59.1 Å². The highest BCUT2D eigenvalue weighted by molar-refractivity contribution is 7.99. The zero-order chi connectivity index (χ0) is 20.6. The number of aliphatic hydroxyl groups excluding tert-OH is 1. The second-order valence-electron chi connectivity index (χ2n) is 5.99. The van der Waals surface area contributed by atoms with Gasteiger partial charge in [-0.15, -0.1) is 12.4 Å². The van der Waals surface area contributed by atoms with Gasteiger partial charge in [0.2, 0.25) is 0 Å². The van der Waals surface area contributed by atoms with Crippen LogP contribution in [0.1, 0.15) is 5.56 Å². The number of fused-ring (bicyclic) bond motifs is 1. The first kappa shape index (κ1) is 25.2. The van der Waals surface area contributed by atoms with Crippen molar-refractivity contribution in [2.45, 2.75) is 10.9 Å². The summed E-state index contributed by atoms with van der Waals surface area (Å²) in [6.45, 7) is 0.804. The molecule has 0 atom stereocenters. The molecule has 2 aromatic carbocycles. The summed E-state index contributed by atoms with van der Waals surface area (Å²) in [4.78, 5) is 9.18. The minimum absolute atomic E-state index is 0. The van der Waals surface area contributed by atoms with Crippen molar-refractivity contribution in [2.75, 3.05) is 37.1 Å². The van der Waals surface area contributed by atoms with E-state index in [1.807, 2.05) is 36.4 Å². The average molecular weight is 507 g/mol. The second kappa shape index (κ2) is 12.7. The number of rotatable bonds is 10. The molecule has 0 spiro atoms. The lowest BCUT2D eigenvalue weighted by atomic mass is 10.2. The number of benzene rings is 2. The highest BCUT2D eigenvalue weighted by Gasteiger charge is 2.10. The Morgan fingerprint density at radius 2 is 1.87 bits per heavy atom. The van der Waals surface area contributed by atoms with Crippen LogP contribution in [0.2, 0.25) is 10.0 Å². The number of hydrogen-bond donors (Lipinski definition) is 2. The van der Waals surface area contributed by atoms with Crippen LogP contribution in [0, 0.1) is 0 Å². The Kier molecular flexibility index (Phi) is 10.6. The van der Waals surface area contributed by atoms with Gasteiger partial charge in [-0.1, -0.05) is 41.0 Å². The van der Waals surface area contributed by atoms with E-state index in [9.17, 15) is 0 Å². The molecule has 0 aliphatic carbocycles. The molecule has 0 aliphatic heterocycles. The molecular weight excluding hydrogens is 485 g/mol. The molecule has 30 heavy (non-hydrogen) atoms. The first-order chi connectivity index (χ1) is 14.1. The van der Waals surface area contributed by atoms with Gasteiger partial charge in [0.25, 0.3) is 0 Å². The van der Waals surface area contributed by atoms with Gasteiger partial charge in [0.05, 0.1) is 19.2 Å². The predicted molar refractivity (Wildman–Crippen MR) is 132 cm³/mol. The first-order valence-corrected chi connectivity index (χ1v) is 11.9. The Hall–Kier alpha value is -1.09. The Morgan fingerprint density at radius 1 is 1.10 bits per heavy atom. The fourth-order valence-electron chi connectivity index (χ4n) is 2.64. The van der Waals surface area contributed by atoms with Gasteiger partial charge in [-0.2, -0.15) is 11.8 Å². The first-order valence-electron chi connectivity index (χ1n) is 8.96. The van der Waals surface area contributed by atoms with Crippen LogP contribution in [0.4, 0.5) is 5.82 Å². The minimum Gasteiger partial charge on any atom is -0.497 e. The molecule has 3 rings (SSSR count). The molecular formula is C20H22Cl3N3O2S2. The van der Waals surface area contributed by atoms with Gasteiger partial charge >= 0.3 is 0 Å². The largest absolute Gasteiger partial charge is 0.497 e. The van der Waals surface area contributed by atoms with Crippen molar-refractivity contribution in [3.05, 3.63) is 52.0 Å². The third-order valence-electron chi connectivity index (χ3n) is 4.05. The van der Waals surface area contributed by atoms with Crippen LogP contribution in [0.3, 0.4) is 0 Å². The highest BCUT2D eigenvalue weighted by atomic mass is 35.5. The number of ether oxygens (including phenoxy) is 1. The summed E-state index contributed by atoms with van der Waals surface area (Å²) in [6, 6.07) is 11.3. The maximum absolute atomic E-state index is 9.08. The summed E-state index contributed by atoms with van der Waals surface area (Å²) in [5, 5.41) is 15.4. The van der Waals surface area contributed by atoms with Gasteiger partial charge in [-0.25, -0.2) is 9.97 Å². The molecule has 2 N–H and O–H groups in total. The topological polar surface area (TPSA) is 67.3 Å². The maximum Gasteiger partial charge on any atom is 0.190 e. The Balaban J connectivity index is 0.00000320. The van der Waals surface area contributed by atoms with E-state index in [1.165, 1.54) is 11.8 Å². The average Bonchev–Trinajstić information content (AvgIpc) is 2.73. The highest BCUT2D eigenvalue weighted by Crippen LogP contribution is 2.29. The van der Waals surface area contributed by atoms with Gasteiger partial charge in [0, 0.05) is 39.2 Å². The number of nitrogens with one attached hydrogen (secondary N) is 1. The summed E-state index contributed by atoms with van der Waals surface area (Å²) in [5.74, 6) is 3.66. The number of halogens is 3. The SMILES string of the molecule is COc1ccc2nc(SCCO)nc(NCCSCc3c(Cl)cccc3Cl)c2c1.Cl. The third kappa shape index (κ3) is 6.70. The van der Waals surface area contributed by atoms with Crippen molar-refractivity contribution in [2.24, 2.45) is 0 Å². The van der Waals surface area contributed by atoms with Crippen molar-refractivity contribution >= 4 is 75.9 Å². The molecule has 162 valence electrons. The lowest BCUT2D eigenvalue weighted by Crippen LogP contribution is -2.08. The van der Waals surface area contributed by atoms with Crippen molar-refractivity contribution in [3.8, 4) is 5.75 Å². The maximum atomic E-state index is 9.08. The molecule has 0 fully saturated rings. The quantitative estimate of drug-likeness (QED) is 0.205. The third-order valence-corrected chi connectivity index (χ3v) is 6.57. The monoisotopic (exact) mass is 505 g/mol. The van der Waals surface area contributed by atoms with Crippen LogP contribution in [-0.2, 0) is 5.75 Å². The Labute approximate surface area is 200 Å². The van der Waals surface area contributed by atoms with Crippen molar-refractivity contribution < 1.29 is 9.84 Å². The van der Waals surface area contributed by atoms with Crippen LogP contribution in [-0.4, -0.2) is 46.8 Å². The molecule has 0 bridgehead atoms. The zero-order valence-corrected chi connectivity index (χ0v) is 20.2. The number of aliphatic hydroxyl groups is 1. The lowest BCUT2D eigenvalue weighted by molar-refractivity contribution is 0.322. The van der Waals surface area contributed by atoms with Gasteiger partial charge in [0.15, 0.2) is 5.16 Å². The molecule has 5 nitrogen and oxygen atoms in total. The number of methoxy groups -OCH3 is 1. The smallest absolute Gasteiger partial charge is 0.190 e. The summed E-state index contributed by atoms with van der Waals surface area (Å²) in [6.07, 6.45) is 0. The van der Waals surface area contributed by atoms with Crippen molar-refractivity contribution in [1.82, 2.24) is 9.97 Å². The fraction of sp³-hybridized carbons (Fsp3) is 0.300. The van der Waals surface area contributed by atoms with Gasteiger partial charge < -0.3 is 15.2 Å². The molecule has 10 heteroatoms. The standard InChI is InChI=1S/C20H21Cl2N3O2S2.ClH/c1-27-13-5-6-18-14(11-13)19(25-20(24-18)29-10-8-26)23-7-9-28-12-15-16(21)3-2-4-17(15)22;/h2-6,11,26H,7-10,12H2,1H3,(H,23,24,25);1H. The summed E-state index contributed by atoms with van der Waals surface area (Å²) >= 11 is 15.6. The van der Waals surface area contributed by atoms with Crippen LogP contribution in [0.5, 0.6) is 5.75 Å². The Bertz CT molecular complexity index is 959. The molecule has 0 saturated carbocycles. The fourth-order valence-corrected chi connectivity index (χ4v) is 4.82. The van der Waals surface area contributed by atoms with Gasteiger partial charge in [0.1, 0.15) is 11.6 Å². The summed E-state index contributed by atoms with van der Waals surface area (Å²) in [7, 11) is 1.64. The molecule has 1 heterocycles. The van der Waals surface area contributed by atoms with E-state index in [0.717, 1.165) is 46.1 Å². The van der Waals surface area contributed by atoms with Gasteiger partial charge in [-0.3, -0.25) is 0 Å². The van der Waals surface area contributed by atoms with E-state index in [-0.39, 0.29) is 19.0 Å². The van der Waals surface area contributed by atoms with Crippen LogP contribution in [0.15, 0.2) is 41.6 Å². The van der Waals surface area contributed by atoms with E-state index in [2.05, 4.69) is 15.3 Å². The lowest BCUT2D eigenvalue weighted by Gasteiger charge is -2.12. The second-order valence-corrected chi connectivity index (χ2v) is 8.97. The number of anilines is 1. The van der Waals surface area contributed by atoms with Crippen LogP contribution < -0.4 is 10.1 Å². The molecule has 0 unspecified atom stereocenters. The summed E-state index contributed by atoms with van der Waals surface area (Å²) < 4.78 is 5.34. The predicted octanol–water partition coefficient (Wildman–Crippen LogP) is 5.80. The minimum atomic E-state index is 0. The molecule has 0 saturated heterocycles. The molecule has 0 aliphatic rings. The molecule has 3 aromatic rings. The number of hydrogen-bond acceptors (Lipinski definition) is 7. The normalized spacial score (nSPS) is 10.7. The van der Waals surface area contributed by atoms with Gasteiger partial charge in [-0.05, 0) is 35.9 Å². The molecule has 0 amide bonds. The van der Waals surface area contributed by atoms with Crippen LogP contribution in [0.25, 0.3) is 10.9 Å². The number of thioether (sulfide) groups is 2. The van der Waals surface area contributed by atoms with E-state index in [4.69, 9.17) is 33.0 Å². The van der Waals surface area contributed by atoms with E-state index in [0.29, 0.717) is 21.0 Å². The number of aromatic nitrogens is 2. The van der Waals surface area contributed by atoms with E-state index < -0.39 is 0 Å². The zero-order valence-electron chi connectivity index (χ0n) is 16.2. The van der Waals surface area contributed by atoms with E-state index >= 15 is 0 Å². The molecule has 0 radical (unpaired) electrons. The Morgan fingerprint density at radius 3 is 2.57 bits per heavy atom. The van der Waals surface area contributed by atoms with Crippen molar-refractivity contribution in [3.63, 3.8) is 0 Å².